The van der Waals surface area contributed by atoms with E-state index in [9.17, 15) is 9.18 Å². The van der Waals surface area contributed by atoms with Gasteiger partial charge >= 0.3 is 0 Å². The lowest BCUT2D eigenvalue weighted by Crippen LogP contribution is -2.27. The van der Waals surface area contributed by atoms with Crippen LogP contribution >= 0.6 is 12.4 Å². The fraction of sp³-hybridized carbons (Fsp3) is 0.250. The average Bonchev–Trinajstić information content (AvgIpc) is 2.48. The van der Waals surface area contributed by atoms with E-state index in [1.54, 1.807) is 0 Å². The topological polar surface area (TPSA) is 68.0 Å². The summed E-state index contributed by atoms with van der Waals surface area (Å²) >= 11 is 0. The van der Waals surface area contributed by atoms with E-state index in [1.807, 2.05) is 18.2 Å². The van der Waals surface area contributed by atoms with Gasteiger partial charge in [-0.2, -0.15) is 4.39 Å². The normalized spacial score (nSPS) is 16.4. The van der Waals surface area contributed by atoms with E-state index in [2.05, 4.69) is 10.3 Å². The van der Waals surface area contributed by atoms with Crippen LogP contribution in [-0.2, 0) is 12.8 Å². The molecule has 116 valence electrons. The fourth-order valence-electron chi connectivity index (χ4n) is 2.61. The first-order chi connectivity index (χ1) is 10.1. The van der Waals surface area contributed by atoms with Crippen molar-refractivity contribution in [2.45, 2.75) is 25.3 Å². The summed E-state index contributed by atoms with van der Waals surface area (Å²) in [4.78, 5) is 15.5. The monoisotopic (exact) mass is 321 g/mol. The molecule has 1 unspecified atom stereocenters. The van der Waals surface area contributed by atoms with Crippen LogP contribution in [0.2, 0.25) is 0 Å². The molecular weight excluding hydrogens is 305 g/mol. The van der Waals surface area contributed by atoms with Gasteiger partial charge in [0.05, 0.1) is 5.56 Å². The van der Waals surface area contributed by atoms with Gasteiger partial charge in [0.1, 0.15) is 0 Å². The lowest BCUT2D eigenvalue weighted by Gasteiger charge is -2.22. The fourth-order valence-corrected chi connectivity index (χ4v) is 2.61. The van der Waals surface area contributed by atoms with Crippen molar-refractivity contribution in [3.63, 3.8) is 0 Å². The van der Waals surface area contributed by atoms with Crippen LogP contribution in [0.4, 0.5) is 10.1 Å². The summed E-state index contributed by atoms with van der Waals surface area (Å²) in [7, 11) is 0. The number of carbonyl (C=O) groups is 1. The van der Waals surface area contributed by atoms with Gasteiger partial charge in [-0.05, 0) is 54.7 Å². The molecule has 3 rings (SSSR count). The number of hydrogen-bond acceptors (Lipinski definition) is 3. The highest BCUT2D eigenvalue weighted by molar-refractivity contribution is 6.04. The third kappa shape index (κ3) is 3.43. The number of anilines is 1. The van der Waals surface area contributed by atoms with Gasteiger partial charge in [0.15, 0.2) is 0 Å². The van der Waals surface area contributed by atoms with E-state index in [4.69, 9.17) is 5.73 Å². The minimum atomic E-state index is -0.765. The van der Waals surface area contributed by atoms with Crippen LogP contribution in [-0.4, -0.2) is 16.9 Å². The molecule has 2 aromatic rings. The number of fused-ring (bicyclic) bond motifs is 1. The van der Waals surface area contributed by atoms with E-state index in [-0.39, 0.29) is 24.0 Å². The van der Waals surface area contributed by atoms with Crippen LogP contribution in [0.5, 0.6) is 0 Å². The second-order valence-corrected chi connectivity index (χ2v) is 5.28. The molecule has 1 aromatic heterocycles. The molecule has 0 saturated heterocycles. The Balaban J connectivity index is 0.00000176. The number of aryl methyl sites for hydroxylation is 1. The Hall–Kier alpha value is -1.98. The summed E-state index contributed by atoms with van der Waals surface area (Å²) in [6.07, 6.45) is 4.03. The maximum Gasteiger partial charge on any atom is 0.260 e. The van der Waals surface area contributed by atoms with Gasteiger partial charge in [0, 0.05) is 17.9 Å². The van der Waals surface area contributed by atoms with E-state index in [1.165, 1.54) is 29.5 Å². The molecular formula is C16H17ClFN3O. The number of pyridine rings is 1. The molecule has 1 aliphatic carbocycles. The lowest BCUT2D eigenvalue weighted by atomic mass is 9.88. The second-order valence-electron chi connectivity index (χ2n) is 5.28. The third-order valence-corrected chi connectivity index (χ3v) is 3.73. The van der Waals surface area contributed by atoms with E-state index < -0.39 is 11.9 Å². The first-order valence-electron chi connectivity index (χ1n) is 6.93. The molecule has 22 heavy (non-hydrogen) atoms. The maximum atomic E-state index is 13.5. The van der Waals surface area contributed by atoms with Gasteiger partial charge in [-0.25, -0.2) is 4.98 Å². The first-order valence-corrected chi connectivity index (χ1v) is 6.93. The van der Waals surface area contributed by atoms with Gasteiger partial charge in [0.2, 0.25) is 5.95 Å². The largest absolute Gasteiger partial charge is 0.327 e. The van der Waals surface area contributed by atoms with Crippen molar-refractivity contribution in [1.29, 1.82) is 0 Å². The summed E-state index contributed by atoms with van der Waals surface area (Å²) in [6, 6.07) is 8.89. The third-order valence-electron chi connectivity index (χ3n) is 3.73. The van der Waals surface area contributed by atoms with Crippen LogP contribution < -0.4 is 11.1 Å². The predicted molar refractivity (Wildman–Crippen MR) is 85.8 cm³/mol. The predicted octanol–water partition coefficient (Wildman–Crippen LogP) is 2.71. The van der Waals surface area contributed by atoms with Crippen molar-refractivity contribution in [2.75, 3.05) is 5.32 Å². The van der Waals surface area contributed by atoms with Crippen molar-refractivity contribution < 1.29 is 9.18 Å². The van der Waals surface area contributed by atoms with Gasteiger partial charge < -0.3 is 11.1 Å². The Labute approximate surface area is 134 Å². The van der Waals surface area contributed by atoms with Gasteiger partial charge in [-0.3, -0.25) is 4.79 Å². The van der Waals surface area contributed by atoms with Crippen molar-refractivity contribution in [3.8, 4) is 0 Å². The Morgan fingerprint density at radius 1 is 1.32 bits per heavy atom. The van der Waals surface area contributed by atoms with Gasteiger partial charge in [0.25, 0.3) is 5.91 Å². The van der Waals surface area contributed by atoms with Crippen molar-refractivity contribution >= 4 is 24.0 Å². The Morgan fingerprint density at radius 3 is 2.91 bits per heavy atom. The molecule has 1 amide bonds. The van der Waals surface area contributed by atoms with E-state index >= 15 is 0 Å². The zero-order chi connectivity index (χ0) is 14.8. The highest BCUT2D eigenvalue weighted by Gasteiger charge is 2.17. The molecule has 4 nitrogen and oxygen atoms in total. The molecule has 6 heteroatoms. The van der Waals surface area contributed by atoms with E-state index in [0.717, 1.165) is 19.3 Å². The highest BCUT2D eigenvalue weighted by Crippen LogP contribution is 2.24. The van der Waals surface area contributed by atoms with Gasteiger partial charge in [-0.1, -0.05) is 6.07 Å². The number of halogens is 2. The first kappa shape index (κ1) is 16.4. The number of aromatic nitrogens is 1. The SMILES string of the molecule is Cl.NC1CCc2cc(NC(=O)c3cccnc3F)ccc2C1. The zero-order valence-corrected chi connectivity index (χ0v) is 12.7. The molecule has 3 N–H and O–H groups in total. The van der Waals surface area contributed by atoms with Crippen LogP contribution in [0, 0.1) is 5.95 Å². The quantitative estimate of drug-likeness (QED) is 0.836. The molecule has 0 spiro atoms. The average molecular weight is 322 g/mol. The van der Waals surface area contributed by atoms with Crippen LogP contribution in [0.3, 0.4) is 0 Å². The highest BCUT2D eigenvalue weighted by atomic mass is 35.5. The minimum Gasteiger partial charge on any atom is -0.327 e. The number of benzene rings is 1. The summed E-state index contributed by atoms with van der Waals surface area (Å²) < 4.78 is 13.5. The molecule has 1 aliphatic rings. The van der Waals surface area contributed by atoms with Crippen LogP contribution in [0.25, 0.3) is 0 Å². The summed E-state index contributed by atoms with van der Waals surface area (Å²) in [6.45, 7) is 0. The Bertz CT molecular complexity index is 693. The van der Waals surface area contributed by atoms with Crippen molar-refractivity contribution in [2.24, 2.45) is 5.73 Å². The second kappa shape index (κ2) is 6.85. The standard InChI is InChI=1S/C16H16FN3O.ClH/c17-15-14(2-1-7-19-15)16(21)20-13-6-4-10-8-12(18)5-3-11(10)9-13;/h1-2,4,6-7,9,12H,3,5,8,18H2,(H,20,21);1H. The molecule has 0 fully saturated rings. The van der Waals surface area contributed by atoms with Crippen LogP contribution in [0.15, 0.2) is 36.5 Å². The number of nitrogens with zero attached hydrogens (tertiary/aromatic N) is 1. The van der Waals surface area contributed by atoms with Crippen LogP contribution in [0.1, 0.15) is 27.9 Å². The summed E-state index contributed by atoms with van der Waals surface area (Å²) in [5.41, 5.74) is 8.97. The van der Waals surface area contributed by atoms with Crippen molar-refractivity contribution in [1.82, 2.24) is 4.98 Å². The summed E-state index contributed by atoms with van der Waals surface area (Å²) in [5.74, 6) is -1.26. The summed E-state index contributed by atoms with van der Waals surface area (Å²) in [5, 5.41) is 2.71. The van der Waals surface area contributed by atoms with Gasteiger partial charge in [-0.15, -0.1) is 12.4 Å². The van der Waals surface area contributed by atoms with E-state index in [0.29, 0.717) is 5.69 Å². The Morgan fingerprint density at radius 2 is 2.14 bits per heavy atom. The zero-order valence-electron chi connectivity index (χ0n) is 11.9. The molecule has 0 radical (unpaired) electrons. The number of amides is 1. The lowest BCUT2D eigenvalue weighted by molar-refractivity contribution is 0.102. The molecule has 0 saturated carbocycles. The maximum absolute atomic E-state index is 13.5. The Kier molecular flexibility index (Phi) is 5.11. The number of nitrogens with one attached hydrogen (secondary N) is 1. The van der Waals surface area contributed by atoms with Crippen molar-refractivity contribution in [3.05, 3.63) is 59.2 Å². The molecule has 0 aliphatic heterocycles. The molecule has 1 aromatic carbocycles. The molecule has 0 bridgehead atoms. The number of carbonyl (C=O) groups excluding carboxylic acids is 1. The molecule has 1 atom stereocenters. The minimum absolute atomic E-state index is 0. The number of nitrogens with two attached hydrogens (primary N) is 1. The number of rotatable bonds is 2. The molecule has 1 heterocycles. The number of hydrogen-bond donors (Lipinski definition) is 2. The smallest absolute Gasteiger partial charge is 0.260 e.